The van der Waals surface area contributed by atoms with Gasteiger partial charge >= 0.3 is 0 Å². The lowest BCUT2D eigenvalue weighted by atomic mass is 9.73. The van der Waals surface area contributed by atoms with Gasteiger partial charge in [-0.1, -0.05) is 68.6 Å². The molecule has 2 saturated heterocycles. The maximum Gasteiger partial charge on any atom is 0.246 e. The summed E-state index contributed by atoms with van der Waals surface area (Å²) in [5.41, 5.74) is 0.812. The molecular weight excluding hydrogens is 545 g/mol. The van der Waals surface area contributed by atoms with Crippen LogP contribution in [0.3, 0.4) is 0 Å². The first-order valence-electron chi connectivity index (χ1n) is 14.4. The predicted molar refractivity (Wildman–Crippen MR) is 153 cm³/mol. The van der Waals surface area contributed by atoms with Crippen molar-refractivity contribution >= 4 is 35.0 Å². The molecule has 6 rings (SSSR count). The Morgan fingerprint density at radius 1 is 1.12 bits per heavy atom. The quantitative estimate of drug-likeness (QED) is 0.471. The fourth-order valence-corrected chi connectivity index (χ4v) is 7.35. The van der Waals surface area contributed by atoms with Crippen LogP contribution in [0.5, 0.6) is 0 Å². The van der Waals surface area contributed by atoms with E-state index in [9.17, 15) is 18.8 Å². The molecule has 0 aromatic heterocycles. The Morgan fingerprint density at radius 2 is 1.88 bits per heavy atom. The summed E-state index contributed by atoms with van der Waals surface area (Å²) >= 11 is 6.27. The second-order valence-corrected chi connectivity index (χ2v) is 12.5. The fourth-order valence-electron chi connectivity index (χ4n) is 7.17. The van der Waals surface area contributed by atoms with Crippen molar-refractivity contribution in [2.45, 2.75) is 70.4 Å². The number of anilines is 1. The van der Waals surface area contributed by atoms with Crippen molar-refractivity contribution in [2.24, 2.45) is 23.7 Å². The number of carbonyl (C=O) groups excluding carboxylic acids is 3. The van der Waals surface area contributed by atoms with Crippen LogP contribution in [0.25, 0.3) is 0 Å². The van der Waals surface area contributed by atoms with E-state index in [1.165, 1.54) is 17.0 Å². The van der Waals surface area contributed by atoms with Crippen LogP contribution in [-0.2, 0) is 25.7 Å². The SMILES string of the molecule is Cc1ccc(NC(=O)C2C3C=CC4(O3)C2C(=O)N(Cc2ccc(F)cc2)C4C(=O)NC2CCCC(C)C2C)cc1Cl. The maximum atomic E-state index is 14.2. The van der Waals surface area contributed by atoms with E-state index in [4.69, 9.17) is 16.3 Å². The minimum Gasteiger partial charge on any atom is -0.359 e. The summed E-state index contributed by atoms with van der Waals surface area (Å²) in [5.74, 6) is -2.30. The van der Waals surface area contributed by atoms with Gasteiger partial charge in [-0.3, -0.25) is 14.4 Å². The number of fused-ring (bicyclic) bond motifs is 1. The molecule has 0 radical (unpaired) electrons. The molecule has 3 heterocycles. The van der Waals surface area contributed by atoms with Gasteiger partial charge in [0.05, 0.1) is 17.9 Å². The van der Waals surface area contributed by atoms with Crippen LogP contribution in [0.4, 0.5) is 10.1 Å². The Balaban J connectivity index is 1.32. The predicted octanol–water partition coefficient (Wildman–Crippen LogP) is 5.02. The van der Waals surface area contributed by atoms with E-state index in [-0.39, 0.29) is 36.1 Å². The third-order valence-electron chi connectivity index (χ3n) is 9.67. The Bertz CT molecular complexity index is 1410. The normalized spacial score (nSPS) is 33.6. The standard InChI is InChI=1S/C32H35ClFN3O4/c1-17-5-4-6-24(19(17)3)36-30(39)28-32-14-13-25(41-32)26(29(38)35-22-12-7-18(2)23(33)15-22)27(32)31(40)37(28)16-20-8-10-21(34)11-9-20/h7-15,17,19,24-28H,4-6,16H2,1-3H3,(H,35,38)(H,36,39). The summed E-state index contributed by atoms with van der Waals surface area (Å²) in [7, 11) is 0. The van der Waals surface area contributed by atoms with Gasteiger partial charge in [0.25, 0.3) is 0 Å². The molecule has 4 aliphatic rings. The van der Waals surface area contributed by atoms with Crippen LogP contribution in [-0.4, -0.2) is 46.4 Å². The Kier molecular flexibility index (Phi) is 7.19. The number of halogens is 2. The van der Waals surface area contributed by atoms with Crippen LogP contribution in [0.1, 0.15) is 44.2 Å². The molecule has 41 heavy (non-hydrogen) atoms. The zero-order valence-corrected chi connectivity index (χ0v) is 24.2. The van der Waals surface area contributed by atoms with E-state index in [1.807, 2.05) is 13.0 Å². The summed E-state index contributed by atoms with van der Waals surface area (Å²) in [4.78, 5) is 43.5. The molecular formula is C32H35ClFN3O4. The van der Waals surface area contributed by atoms with Crippen LogP contribution in [0.2, 0.25) is 5.02 Å². The number of ether oxygens (including phenoxy) is 1. The third-order valence-corrected chi connectivity index (χ3v) is 10.1. The highest BCUT2D eigenvalue weighted by atomic mass is 35.5. The first kappa shape index (κ1) is 27.9. The summed E-state index contributed by atoms with van der Waals surface area (Å²) in [6, 6.07) is 10.1. The molecule has 3 fully saturated rings. The highest BCUT2D eigenvalue weighted by molar-refractivity contribution is 6.31. The average molecular weight is 580 g/mol. The number of aryl methyl sites for hydroxylation is 1. The summed E-state index contributed by atoms with van der Waals surface area (Å²) in [6.45, 7) is 6.32. The Labute approximate surface area is 244 Å². The third kappa shape index (κ3) is 4.75. The van der Waals surface area contributed by atoms with Crippen molar-refractivity contribution in [3.05, 3.63) is 76.6 Å². The van der Waals surface area contributed by atoms with Crippen molar-refractivity contribution in [3.63, 3.8) is 0 Å². The lowest BCUT2D eigenvalue weighted by Crippen LogP contribution is -2.57. The van der Waals surface area contributed by atoms with Crippen molar-refractivity contribution < 1.29 is 23.5 Å². The molecule has 1 spiro atoms. The summed E-state index contributed by atoms with van der Waals surface area (Å²) < 4.78 is 20.1. The minimum atomic E-state index is -1.28. The van der Waals surface area contributed by atoms with Gasteiger partial charge in [-0.15, -0.1) is 0 Å². The molecule has 7 nitrogen and oxygen atoms in total. The highest BCUT2D eigenvalue weighted by Gasteiger charge is 2.72. The second-order valence-electron chi connectivity index (χ2n) is 12.1. The van der Waals surface area contributed by atoms with Gasteiger partial charge in [-0.2, -0.15) is 0 Å². The van der Waals surface area contributed by atoms with Gasteiger partial charge in [-0.05, 0) is 60.6 Å². The number of nitrogens with zero attached hydrogens (tertiary/aromatic N) is 1. The van der Waals surface area contributed by atoms with E-state index in [2.05, 4.69) is 24.5 Å². The molecule has 8 atom stereocenters. The fraction of sp³-hybridized carbons (Fsp3) is 0.469. The molecule has 1 saturated carbocycles. The van der Waals surface area contributed by atoms with Crippen LogP contribution in [0, 0.1) is 36.4 Å². The van der Waals surface area contributed by atoms with E-state index in [0.717, 1.165) is 24.8 Å². The number of benzene rings is 2. The average Bonchev–Trinajstić information content (AvgIpc) is 3.58. The highest BCUT2D eigenvalue weighted by Crippen LogP contribution is 2.55. The van der Waals surface area contributed by atoms with Gasteiger partial charge in [0.15, 0.2) is 0 Å². The molecule has 2 bridgehead atoms. The molecule has 2 aromatic carbocycles. The first-order chi connectivity index (χ1) is 19.6. The molecule has 1 aliphatic carbocycles. The number of carbonyl (C=O) groups is 3. The number of hydrogen-bond donors (Lipinski definition) is 2. The minimum absolute atomic E-state index is 0.0163. The van der Waals surface area contributed by atoms with Crippen molar-refractivity contribution in [1.29, 1.82) is 0 Å². The van der Waals surface area contributed by atoms with Gasteiger partial charge in [0.2, 0.25) is 17.7 Å². The molecule has 2 aromatic rings. The van der Waals surface area contributed by atoms with E-state index in [0.29, 0.717) is 28.1 Å². The van der Waals surface area contributed by atoms with E-state index < -0.39 is 29.6 Å². The molecule has 2 N–H and O–H groups in total. The zero-order valence-electron chi connectivity index (χ0n) is 23.4. The molecule has 216 valence electrons. The van der Waals surface area contributed by atoms with Crippen molar-refractivity contribution in [2.75, 3.05) is 5.32 Å². The Morgan fingerprint density at radius 3 is 2.61 bits per heavy atom. The number of nitrogens with one attached hydrogen (secondary N) is 2. The van der Waals surface area contributed by atoms with Gasteiger partial charge in [0.1, 0.15) is 17.5 Å². The van der Waals surface area contributed by atoms with E-state index in [1.54, 1.807) is 36.4 Å². The molecule has 9 heteroatoms. The van der Waals surface area contributed by atoms with Crippen LogP contribution < -0.4 is 10.6 Å². The smallest absolute Gasteiger partial charge is 0.246 e. The Hall–Kier alpha value is -3.23. The number of rotatable bonds is 6. The van der Waals surface area contributed by atoms with Gasteiger partial charge in [0, 0.05) is 23.3 Å². The van der Waals surface area contributed by atoms with Gasteiger partial charge < -0.3 is 20.3 Å². The molecule has 3 amide bonds. The van der Waals surface area contributed by atoms with Crippen molar-refractivity contribution in [3.8, 4) is 0 Å². The van der Waals surface area contributed by atoms with Crippen LogP contribution >= 0.6 is 11.6 Å². The van der Waals surface area contributed by atoms with E-state index >= 15 is 0 Å². The summed E-state index contributed by atoms with van der Waals surface area (Å²) in [6.07, 6.45) is 5.97. The van der Waals surface area contributed by atoms with Crippen molar-refractivity contribution in [1.82, 2.24) is 10.2 Å². The van der Waals surface area contributed by atoms with Crippen LogP contribution in [0.15, 0.2) is 54.6 Å². The number of likely N-dealkylation sites (tertiary alicyclic amines) is 1. The largest absolute Gasteiger partial charge is 0.359 e. The molecule has 3 aliphatic heterocycles. The zero-order chi connectivity index (χ0) is 29.1. The second kappa shape index (κ2) is 10.6. The van der Waals surface area contributed by atoms with Gasteiger partial charge in [-0.25, -0.2) is 4.39 Å². The number of amides is 3. The lowest BCUT2D eigenvalue weighted by Gasteiger charge is -2.38. The maximum absolute atomic E-state index is 14.2. The topological polar surface area (TPSA) is 87.7 Å². The first-order valence-corrected chi connectivity index (χ1v) is 14.8. The number of hydrogen-bond acceptors (Lipinski definition) is 4. The monoisotopic (exact) mass is 579 g/mol. The molecule has 8 unspecified atom stereocenters. The summed E-state index contributed by atoms with van der Waals surface area (Å²) in [5, 5.41) is 6.68. The lowest BCUT2D eigenvalue weighted by molar-refractivity contribution is -0.142.